The lowest BCUT2D eigenvalue weighted by molar-refractivity contribution is 0.105. The first-order valence-electron chi connectivity index (χ1n) is 8.20. The van der Waals surface area contributed by atoms with Crippen molar-refractivity contribution in [3.05, 3.63) is 6.20 Å². The van der Waals surface area contributed by atoms with E-state index < -0.39 is 0 Å². The number of ether oxygens (including phenoxy) is 1. The number of nitrogens with one attached hydrogen (secondary N) is 1. The second kappa shape index (κ2) is 8.50. The van der Waals surface area contributed by atoms with Crippen molar-refractivity contribution in [3.8, 4) is 0 Å². The van der Waals surface area contributed by atoms with Crippen molar-refractivity contribution in [2.75, 3.05) is 49.5 Å². The van der Waals surface area contributed by atoms with E-state index >= 15 is 0 Å². The highest BCUT2D eigenvalue weighted by atomic mass is 16.6. The molecular weight excluding hydrogens is 296 g/mol. The third kappa shape index (κ3) is 5.22. The number of nitrogens with zero attached hydrogens (tertiary/aromatic N) is 5. The first kappa shape index (κ1) is 17.2. The lowest BCUT2D eigenvalue weighted by Crippen LogP contribution is -2.49. The van der Waals surface area contributed by atoms with Crippen molar-refractivity contribution in [2.45, 2.75) is 27.2 Å². The Morgan fingerprint density at radius 3 is 2.74 bits per heavy atom. The fourth-order valence-electron chi connectivity index (χ4n) is 2.33. The molecule has 23 heavy (non-hydrogen) atoms. The van der Waals surface area contributed by atoms with E-state index in [1.165, 1.54) is 0 Å². The standard InChI is InChI=1S/C15H26N6O2/c1-4-23-15(22)21-9-7-20(8-10-21)13-11-17-19-14(18-13)16-6-5-12(2)3/h11-12H,4-10H2,1-3H3,(H,16,18,19). The number of aromatic nitrogens is 3. The second-order valence-corrected chi connectivity index (χ2v) is 5.92. The summed E-state index contributed by atoms with van der Waals surface area (Å²) in [6.45, 7) is 10.1. The normalized spacial score (nSPS) is 15.0. The zero-order valence-electron chi connectivity index (χ0n) is 14.2. The first-order valence-corrected chi connectivity index (χ1v) is 8.20. The molecule has 1 aliphatic rings. The minimum Gasteiger partial charge on any atom is -0.450 e. The fourth-order valence-corrected chi connectivity index (χ4v) is 2.33. The van der Waals surface area contributed by atoms with Gasteiger partial charge in [0.25, 0.3) is 0 Å². The van der Waals surface area contributed by atoms with Gasteiger partial charge in [-0.15, -0.1) is 5.10 Å². The van der Waals surface area contributed by atoms with Gasteiger partial charge in [0.2, 0.25) is 5.95 Å². The van der Waals surface area contributed by atoms with Crippen LogP contribution in [0.25, 0.3) is 0 Å². The average molecular weight is 322 g/mol. The fraction of sp³-hybridized carbons (Fsp3) is 0.733. The average Bonchev–Trinajstić information content (AvgIpc) is 2.55. The van der Waals surface area contributed by atoms with Crippen LogP contribution in [0.15, 0.2) is 6.20 Å². The van der Waals surface area contributed by atoms with Crippen LogP contribution >= 0.6 is 0 Å². The van der Waals surface area contributed by atoms with Crippen LogP contribution < -0.4 is 10.2 Å². The smallest absolute Gasteiger partial charge is 0.409 e. The molecule has 2 rings (SSSR count). The summed E-state index contributed by atoms with van der Waals surface area (Å²) in [6, 6.07) is 0. The van der Waals surface area contributed by atoms with Gasteiger partial charge in [-0.05, 0) is 19.3 Å². The number of hydrogen-bond donors (Lipinski definition) is 1. The number of carbonyl (C=O) groups is 1. The quantitative estimate of drug-likeness (QED) is 0.851. The zero-order valence-corrected chi connectivity index (χ0v) is 14.2. The van der Waals surface area contributed by atoms with E-state index in [1.54, 1.807) is 11.1 Å². The summed E-state index contributed by atoms with van der Waals surface area (Å²) in [5, 5.41) is 11.2. The number of anilines is 2. The highest BCUT2D eigenvalue weighted by Crippen LogP contribution is 2.14. The maximum atomic E-state index is 11.7. The molecule has 0 bridgehead atoms. The maximum absolute atomic E-state index is 11.7. The van der Waals surface area contributed by atoms with E-state index in [2.05, 4.69) is 39.2 Å². The summed E-state index contributed by atoms with van der Waals surface area (Å²) in [4.78, 5) is 20.0. The Morgan fingerprint density at radius 2 is 2.09 bits per heavy atom. The van der Waals surface area contributed by atoms with Gasteiger partial charge in [0.1, 0.15) is 0 Å². The Hall–Kier alpha value is -2.12. The lowest BCUT2D eigenvalue weighted by Gasteiger charge is -2.34. The molecular formula is C15H26N6O2. The van der Waals surface area contributed by atoms with Gasteiger partial charge in [-0.25, -0.2) is 4.79 Å². The molecule has 0 spiro atoms. The van der Waals surface area contributed by atoms with E-state index in [4.69, 9.17) is 4.74 Å². The molecule has 0 saturated carbocycles. The minimum atomic E-state index is -0.246. The molecule has 0 aromatic carbocycles. The van der Waals surface area contributed by atoms with Crippen LogP contribution in [0, 0.1) is 5.92 Å². The van der Waals surface area contributed by atoms with Crippen molar-refractivity contribution in [2.24, 2.45) is 5.92 Å². The van der Waals surface area contributed by atoms with Gasteiger partial charge in [-0.3, -0.25) is 0 Å². The van der Waals surface area contributed by atoms with E-state index in [-0.39, 0.29) is 6.09 Å². The van der Waals surface area contributed by atoms with Crippen molar-refractivity contribution in [1.29, 1.82) is 0 Å². The molecule has 1 saturated heterocycles. The van der Waals surface area contributed by atoms with E-state index in [1.807, 2.05) is 6.92 Å². The molecule has 2 heterocycles. The topological polar surface area (TPSA) is 83.5 Å². The molecule has 0 aliphatic carbocycles. The predicted molar refractivity (Wildman–Crippen MR) is 88.6 cm³/mol. The predicted octanol–water partition coefficient (Wildman–Crippen LogP) is 1.61. The summed E-state index contributed by atoms with van der Waals surface area (Å²) in [7, 11) is 0. The van der Waals surface area contributed by atoms with Crippen LogP contribution in [0.5, 0.6) is 0 Å². The van der Waals surface area contributed by atoms with Crippen molar-refractivity contribution in [3.63, 3.8) is 0 Å². The first-order chi connectivity index (χ1) is 11.1. The number of piperazine rings is 1. The van der Waals surface area contributed by atoms with E-state index in [0.29, 0.717) is 44.7 Å². The van der Waals surface area contributed by atoms with Crippen LogP contribution in [0.3, 0.4) is 0 Å². The number of carbonyl (C=O) groups excluding carboxylic acids is 1. The Labute approximate surface area is 137 Å². The van der Waals surface area contributed by atoms with E-state index in [0.717, 1.165) is 18.8 Å². The van der Waals surface area contributed by atoms with Crippen LogP contribution in [0.2, 0.25) is 0 Å². The summed E-state index contributed by atoms with van der Waals surface area (Å²) in [5.41, 5.74) is 0. The molecule has 0 unspecified atom stereocenters. The van der Waals surface area contributed by atoms with Gasteiger partial charge in [0, 0.05) is 32.7 Å². The lowest BCUT2D eigenvalue weighted by atomic mass is 10.1. The Morgan fingerprint density at radius 1 is 1.35 bits per heavy atom. The van der Waals surface area contributed by atoms with Crippen LogP contribution in [0.1, 0.15) is 27.2 Å². The minimum absolute atomic E-state index is 0.246. The van der Waals surface area contributed by atoms with Gasteiger partial charge >= 0.3 is 6.09 Å². The number of hydrogen-bond acceptors (Lipinski definition) is 7. The monoisotopic (exact) mass is 322 g/mol. The van der Waals surface area contributed by atoms with Gasteiger partial charge in [-0.2, -0.15) is 10.1 Å². The molecule has 1 aromatic rings. The molecule has 0 atom stereocenters. The SMILES string of the molecule is CCOC(=O)N1CCN(c2cnnc(NCCC(C)C)n2)CC1. The summed E-state index contributed by atoms with van der Waals surface area (Å²) < 4.78 is 5.03. The van der Waals surface area contributed by atoms with Crippen molar-refractivity contribution < 1.29 is 9.53 Å². The number of amides is 1. The molecule has 8 nitrogen and oxygen atoms in total. The molecule has 0 radical (unpaired) electrons. The molecule has 8 heteroatoms. The summed E-state index contributed by atoms with van der Waals surface area (Å²) >= 11 is 0. The molecule has 1 aliphatic heterocycles. The Kier molecular flexibility index (Phi) is 6.37. The third-order valence-corrected chi connectivity index (χ3v) is 3.68. The number of rotatable bonds is 6. The summed E-state index contributed by atoms with van der Waals surface area (Å²) in [6.07, 6.45) is 2.48. The van der Waals surface area contributed by atoms with Crippen LogP contribution in [-0.2, 0) is 4.74 Å². The van der Waals surface area contributed by atoms with Gasteiger partial charge in [0.05, 0.1) is 12.8 Å². The molecule has 1 aromatic heterocycles. The largest absolute Gasteiger partial charge is 0.450 e. The van der Waals surface area contributed by atoms with E-state index in [9.17, 15) is 4.79 Å². The highest BCUT2D eigenvalue weighted by Gasteiger charge is 2.23. The maximum Gasteiger partial charge on any atom is 0.409 e. The zero-order chi connectivity index (χ0) is 16.7. The van der Waals surface area contributed by atoms with Gasteiger partial charge in [-0.1, -0.05) is 13.8 Å². The highest BCUT2D eigenvalue weighted by molar-refractivity contribution is 5.68. The van der Waals surface area contributed by atoms with Crippen molar-refractivity contribution >= 4 is 17.9 Å². The Balaban J connectivity index is 1.87. The van der Waals surface area contributed by atoms with Crippen LogP contribution in [0.4, 0.5) is 16.6 Å². The van der Waals surface area contributed by atoms with Gasteiger partial charge in [0.15, 0.2) is 5.82 Å². The Bertz CT molecular complexity index is 502. The third-order valence-electron chi connectivity index (χ3n) is 3.68. The van der Waals surface area contributed by atoms with Crippen molar-refractivity contribution in [1.82, 2.24) is 20.1 Å². The van der Waals surface area contributed by atoms with Crippen LogP contribution in [-0.4, -0.2) is 65.5 Å². The molecule has 1 N–H and O–H groups in total. The molecule has 128 valence electrons. The summed E-state index contributed by atoms with van der Waals surface area (Å²) in [5.74, 6) is 1.97. The molecule has 1 fully saturated rings. The second-order valence-electron chi connectivity index (χ2n) is 5.92. The molecule has 1 amide bonds. The van der Waals surface area contributed by atoms with Gasteiger partial charge < -0.3 is 19.9 Å².